The summed E-state index contributed by atoms with van der Waals surface area (Å²) < 4.78 is 1.72. The fraction of sp³-hybridized carbons (Fsp3) is 0.750. The molecule has 1 N–H and O–H groups in total. The second-order valence-electron chi connectivity index (χ2n) is 7.08. The summed E-state index contributed by atoms with van der Waals surface area (Å²) in [5.74, 6) is 0.805. The molecule has 5 nitrogen and oxygen atoms in total. The fourth-order valence-corrected chi connectivity index (χ4v) is 2.82. The van der Waals surface area contributed by atoms with Crippen LogP contribution < -0.4 is 5.32 Å². The van der Waals surface area contributed by atoms with Gasteiger partial charge >= 0.3 is 0 Å². The lowest BCUT2D eigenvalue weighted by molar-refractivity contribution is 0.0680. The smallest absolute Gasteiger partial charge is 0.272 e. The molecule has 0 aromatic carbocycles. The minimum Gasteiger partial charge on any atom is -0.337 e. The number of nitrogens with zero attached hydrogens (tertiary/aromatic N) is 3. The molecule has 0 bridgehead atoms. The van der Waals surface area contributed by atoms with Crippen molar-refractivity contribution < 1.29 is 4.79 Å². The van der Waals surface area contributed by atoms with Crippen LogP contribution in [-0.2, 0) is 12.5 Å². The number of aromatic nitrogens is 2. The third-order valence-electron chi connectivity index (χ3n) is 4.26. The Bertz CT molecular complexity index is 499. The largest absolute Gasteiger partial charge is 0.337 e. The quantitative estimate of drug-likeness (QED) is 0.925. The van der Waals surface area contributed by atoms with Crippen LogP contribution in [0.2, 0.25) is 0 Å². The fourth-order valence-electron chi connectivity index (χ4n) is 2.82. The van der Waals surface area contributed by atoms with Crippen LogP contribution in [0.25, 0.3) is 0 Å². The number of carbonyl (C=O) groups is 1. The minimum absolute atomic E-state index is 0. The van der Waals surface area contributed by atoms with E-state index in [1.165, 1.54) is 0 Å². The molecule has 0 aliphatic carbocycles. The molecule has 2 rings (SSSR count). The lowest BCUT2D eigenvalue weighted by atomic mass is 9.92. The molecular weight excluding hydrogens is 300 g/mol. The van der Waals surface area contributed by atoms with Crippen molar-refractivity contribution in [3.05, 3.63) is 17.5 Å². The molecule has 1 fully saturated rings. The van der Waals surface area contributed by atoms with E-state index >= 15 is 0 Å². The first-order valence-corrected chi connectivity index (χ1v) is 7.81. The average Bonchev–Trinajstić information content (AvgIpc) is 2.81. The van der Waals surface area contributed by atoms with E-state index < -0.39 is 0 Å². The Labute approximate surface area is 139 Å². The number of amides is 1. The molecule has 1 aromatic heterocycles. The second-order valence-corrected chi connectivity index (χ2v) is 7.08. The van der Waals surface area contributed by atoms with Crippen molar-refractivity contribution >= 4 is 18.3 Å². The molecule has 22 heavy (non-hydrogen) atoms. The number of nitrogens with one attached hydrogen (secondary N) is 1. The summed E-state index contributed by atoms with van der Waals surface area (Å²) in [5.41, 5.74) is 1.64. The van der Waals surface area contributed by atoms with Crippen LogP contribution in [0.4, 0.5) is 0 Å². The van der Waals surface area contributed by atoms with E-state index in [0.29, 0.717) is 11.6 Å². The lowest BCUT2D eigenvalue weighted by Crippen LogP contribution is -2.41. The molecule has 0 unspecified atom stereocenters. The number of aryl methyl sites for hydroxylation is 1. The van der Waals surface area contributed by atoms with Gasteiger partial charge in [-0.25, -0.2) is 0 Å². The number of halogens is 1. The molecule has 0 atom stereocenters. The van der Waals surface area contributed by atoms with E-state index in [-0.39, 0.29) is 23.7 Å². The molecule has 0 saturated carbocycles. The van der Waals surface area contributed by atoms with E-state index in [1.54, 1.807) is 4.68 Å². The summed E-state index contributed by atoms with van der Waals surface area (Å²) in [6, 6.07) is 1.95. The predicted molar refractivity (Wildman–Crippen MR) is 91.7 cm³/mol. The summed E-state index contributed by atoms with van der Waals surface area (Å²) in [5, 5.41) is 7.73. The van der Waals surface area contributed by atoms with Gasteiger partial charge in [0.05, 0.1) is 5.69 Å². The zero-order valence-electron chi connectivity index (χ0n) is 14.3. The molecule has 1 saturated heterocycles. The van der Waals surface area contributed by atoms with Gasteiger partial charge in [0.15, 0.2) is 0 Å². The topological polar surface area (TPSA) is 50.2 Å². The highest BCUT2D eigenvalue weighted by atomic mass is 35.5. The zero-order valence-corrected chi connectivity index (χ0v) is 15.2. The Morgan fingerprint density at radius 2 is 1.95 bits per heavy atom. The van der Waals surface area contributed by atoms with Crippen molar-refractivity contribution in [3.63, 3.8) is 0 Å². The molecule has 0 radical (unpaired) electrons. The highest BCUT2D eigenvalue weighted by Gasteiger charge is 2.27. The van der Waals surface area contributed by atoms with Gasteiger partial charge < -0.3 is 10.2 Å². The minimum atomic E-state index is -0.0317. The SMILES string of the molecule is CNCC1CCN(C(=O)c2cc(C(C)(C)C)nn2C)CC1.Cl. The van der Waals surface area contributed by atoms with Gasteiger partial charge in [-0.3, -0.25) is 9.48 Å². The molecule has 1 aliphatic rings. The van der Waals surface area contributed by atoms with Gasteiger partial charge in [-0.2, -0.15) is 5.10 Å². The van der Waals surface area contributed by atoms with E-state index in [0.717, 1.165) is 38.2 Å². The highest BCUT2D eigenvalue weighted by molar-refractivity contribution is 5.92. The summed E-state index contributed by atoms with van der Waals surface area (Å²) in [6.07, 6.45) is 2.16. The number of piperidine rings is 1. The summed E-state index contributed by atoms with van der Waals surface area (Å²) in [6.45, 7) is 9.09. The molecular formula is C16H29ClN4O. The van der Waals surface area contributed by atoms with Crippen LogP contribution in [0.15, 0.2) is 6.07 Å². The van der Waals surface area contributed by atoms with Crippen LogP contribution in [-0.4, -0.2) is 47.3 Å². The Kier molecular flexibility index (Phi) is 6.44. The molecule has 1 aliphatic heterocycles. The van der Waals surface area contributed by atoms with Crippen LogP contribution in [0.3, 0.4) is 0 Å². The van der Waals surface area contributed by atoms with Crippen molar-refractivity contribution in [3.8, 4) is 0 Å². The van der Waals surface area contributed by atoms with Gasteiger partial charge in [0.1, 0.15) is 5.69 Å². The number of carbonyl (C=O) groups excluding carboxylic acids is 1. The van der Waals surface area contributed by atoms with E-state index in [1.807, 2.05) is 25.1 Å². The third kappa shape index (κ3) is 4.23. The standard InChI is InChI=1S/C16H28N4O.ClH/c1-16(2,3)14-10-13(19(5)18-14)15(21)20-8-6-12(7-9-20)11-17-4;/h10,12,17H,6-9,11H2,1-5H3;1H. The molecule has 0 spiro atoms. The molecule has 6 heteroatoms. The molecule has 1 amide bonds. The summed E-state index contributed by atoms with van der Waals surface area (Å²) in [4.78, 5) is 14.6. The maximum absolute atomic E-state index is 12.7. The first-order valence-electron chi connectivity index (χ1n) is 7.81. The number of hydrogen-bond acceptors (Lipinski definition) is 3. The first-order chi connectivity index (χ1) is 9.82. The monoisotopic (exact) mass is 328 g/mol. The maximum Gasteiger partial charge on any atom is 0.272 e. The van der Waals surface area contributed by atoms with Gasteiger partial charge in [-0.1, -0.05) is 20.8 Å². The second kappa shape index (κ2) is 7.47. The van der Waals surface area contributed by atoms with Crippen molar-refractivity contribution in [1.29, 1.82) is 0 Å². The maximum atomic E-state index is 12.7. The van der Waals surface area contributed by atoms with Gasteiger partial charge in [-0.05, 0) is 38.4 Å². The Morgan fingerprint density at radius 1 is 1.36 bits per heavy atom. The summed E-state index contributed by atoms with van der Waals surface area (Å²) >= 11 is 0. The van der Waals surface area contributed by atoms with Crippen molar-refractivity contribution in [2.45, 2.75) is 39.0 Å². The molecule has 126 valence electrons. The number of rotatable bonds is 3. The van der Waals surface area contributed by atoms with Crippen LogP contribution in [0.1, 0.15) is 49.8 Å². The van der Waals surface area contributed by atoms with Gasteiger partial charge in [-0.15, -0.1) is 12.4 Å². The Balaban J connectivity index is 0.00000242. The molecule has 1 aromatic rings. The number of likely N-dealkylation sites (tertiary alicyclic amines) is 1. The normalized spacial score (nSPS) is 16.5. The van der Waals surface area contributed by atoms with Crippen molar-refractivity contribution in [1.82, 2.24) is 20.0 Å². The Hall–Kier alpha value is -1.07. The zero-order chi connectivity index (χ0) is 15.6. The summed E-state index contributed by atoms with van der Waals surface area (Å²) in [7, 11) is 3.84. The van der Waals surface area contributed by atoms with Crippen LogP contribution in [0, 0.1) is 5.92 Å². The van der Waals surface area contributed by atoms with Gasteiger partial charge in [0, 0.05) is 25.6 Å². The van der Waals surface area contributed by atoms with E-state index in [9.17, 15) is 4.79 Å². The van der Waals surface area contributed by atoms with Gasteiger partial charge in [0.2, 0.25) is 0 Å². The predicted octanol–water partition coefficient (Wildman–Crippen LogP) is 2.21. The van der Waals surface area contributed by atoms with E-state index in [2.05, 4.69) is 31.2 Å². The number of hydrogen-bond donors (Lipinski definition) is 1. The average molecular weight is 329 g/mol. The van der Waals surface area contributed by atoms with Crippen LogP contribution >= 0.6 is 12.4 Å². The van der Waals surface area contributed by atoms with Crippen molar-refractivity contribution in [2.24, 2.45) is 13.0 Å². The third-order valence-corrected chi connectivity index (χ3v) is 4.26. The van der Waals surface area contributed by atoms with E-state index in [4.69, 9.17) is 0 Å². The molecule has 2 heterocycles. The van der Waals surface area contributed by atoms with Crippen LogP contribution in [0.5, 0.6) is 0 Å². The van der Waals surface area contributed by atoms with Crippen molar-refractivity contribution in [2.75, 3.05) is 26.7 Å². The van der Waals surface area contributed by atoms with Gasteiger partial charge in [0.25, 0.3) is 5.91 Å². The Morgan fingerprint density at radius 3 is 2.41 bits per heavy atom. The first kappa shape index (κ1) is 19.0. The lowest BCUT2D eigenvalue weighted by Gasteiger charge is -2.31. The highest BCUT2D eigenvalue weighted by Crippen LogP contribution is 2.23.